The number of nitrogens with one attached hydrogen (secondary N) is 1. The lowest BCUT2D eigenvalue weighted by Gasteiger charge is -2.14. The Morgan fingerprint density at radius 1 is 1.40 bits per heavy atom. The zero-order chi connectivity index (χ0) is 13.7. The van der Waals surface area contributed by atoms with Crippen molar-refractivity contribution in [1.82, 2.24) is 5.32 Å². The zero-order valence-corrected chi connectivity index (χ0v) is 12.3. The summed E-state index contributed by atoms with van der Waals surface area (Å²) in [6.07, 6.45) is 4.38. The second-order valence-corrected chi connectivity index (χ2v) is 5.29. The van der Waals surface area contributed by atoms with Crippen molar-refractivity contribution in [3.8, 4) is 0 Å². The SMILES string of the molecule is Cl.N[C@@H]1CCC[C@H]1CC(=O)NCCc1cccc(F)c1. The van der Waals surface area contributed by atoms with Crippen LogP contribution in [0.25, 0.3) is 0 Å². The second kappa shape index (κ2) is 8.22. The first kappa shape index (κ1) is 16.9. The van der Waals surface area contributed by atoms with Crippen LogP contribution in [0, 0.1) is 11.7 Å². The summed E-state index contributed by atoms with van der Waals surface area (Å²) >= 11 is 0. The number of carbonyl (C=O) groups excluding carboxylic acids is 1. The smallest absolute Gasteiger partial charge is 0.220 e. The lowest BCUT2D eigenvalue weighted by Crippen LogP contribution is -2.32. The van der Waals surface area contributed by atoms with Crippen molar-refractivity contribution >= 4 is 18.3 Å². The van der Waals surface area contributed by atoms with Gasteiger partial charge in [0.1, 0.15) is 5.82 Å². The highest BCUT2D eigenvalue weighted by molar-refractivity contribution is 5.85. The van der Waals surface area contributed by atoms with Gasteiger partial charge in [0.2, 0.25) is 5.91 Å². The highest BCUT2D eigenvalue weighted by atomic mass is 35.5. The molecule has 1 aromatic carbocycles. The van der Waals surface area contributed by atoms with Crippen LogP contribution in [0.1, 0.15) is 31.2 Å². The van der Waals surface area contributed by atoms with Gasteiger partial charge >= 0.3 is 0 Å². The van der Waals surface area contributed by atoms with Crippen molar-refractivity contribution in [2.45, 2.75) is 38.1 Å². The molecule has 3 nitrogen and oxygen atoms in total. The fraction of sp³-hybridized carbons (Fsp3) is 0.533. The quantitative estimate of drug-likeness (QED) is 0.877. The van der Waals surface area contributed by atoms with Gasteiger partial charge < -0.3 is 11.1 Å². The Hall–Kier alpha value is -1.13. The van der Waals surface area contributed by atoms with Gasteiger partial charge in [-0.1, -0.05) is 18.6 Å². The molecule has 0 radical (unpaired) electrons. The number of hydrogen-bond acceptors (Lipinski definition) is 2. The Labute approximate surface area is 125 Å². The highest BCUT2D eigenvalue weighted by Gasteiger charge is 2.25. The van der Waals surface area contributed by atoms with Crippen LogP contribution in [-0.4, -0.2) is 18.5 Å². The molecule has 1 saturated carbocycles. The van der Waals surface area contributed by atoms with Gasteiger partial charge in [-0.15, -0.1) is 12.4 Å². The molecule has 0 spiro atoms. The van der Waals surface area contributed by atoms with Crippen molar-refractivity contribution < 1.29 is 9.18 Å². The van der Waals surface area contributed by atoms with Crippen molar-refractivity contribution in [1.29, 1.82) is 0 Å². The Morgan fingerprint density at radius 3 is 2.85 bits per heavy atom. The number of amides is 1. The van der Waals surface area contributed by atoms with E-state index in [2.05, 4.69) is 5.32 Å². The first-order valence-electron chi connectivity index (χ1n) is 6.92. The largest absolute Gasteiger partial charge is 0.356 e. The van der Waals surface area contributed by atoms with Crippen molar-refractivity contribution in [3.63, 3.8) is 0 Å². The van der Waals surface area contributed by atoms with Crippen molar-refractivity contribution in [2.75, 3.05) is 6.54 Å². The molecule has 0 heterocycles. The van der Waals surface area contributed by atoms with Crippen LogP contribution in [0.15, 0.2) is 24.3 Å². The molecule has 1 amide bonds. The normalized spacial score (nSPS) is 21.3. The third kappa shape index (κ3) is 5.10. The van der Waals surface area contributed by atoms with E-state index in [-0.39, 0.29) is 30.2 Å². The lowest BCUT2D eigenvalue weighted by molar-refractivity contribution is -0.122. The summed E-state index contributed by atoms with van der Waals surface area (Å²) in [5, 5.41) is 2.88. The maximum Gasteiger partial charge on any atom is 0.220 e. The molecule has 0 saturated heterocycles. The van der Waals surface area contributed by atoms with Crippen LogP contribution >= 0.6 is 12.4 Å². The number of halogens is 2. The van der Waals surface area contributed by atoms with E-state index < -0.39 is 0 Å². The van der Waals surface area contributed by atoms with Gasteiger partial charge in [-0.3, -0.25) is 4.79 Å². The molecule has 20 heavy (non-hydrogen) atoms. The molecule has 3 N–H and O–H groups in total. The lowest BCUT2D eigenvalue weighted by atomic mass is 10.00. The van der Waals surface area contributed by atoms with E-state index in [0.29, 0.717) is 25.3 Å². The number of benzene rings is 1. The van der Waals surface area contributed by atoms with E-state index in [1.165, 1.54) is 12.1 Å². The van der Waals surface area contributed by atoms with Crippen LogP contribution in [-0.2, 0) is 11.2 Å². The predicted octanol–water partition coefficient (Wildman–Crippen LogP) is 2.42. The van der Waals surface area contributed by atoms with E-state index in [4.69, 9.17) is 5.73 Å². The number of carbonyl (C=O) groups is 1. The molecular weight excluding hydrogens is 279 g/mol. The highest BCUT2D eigenvalue weighted by Crippen LogP contribution is 2.26. The molecule has 1 aliphatic rings. The van der Waals surface area contributed by atoms with Crippen molar-refractivity contribution in [3.05, 3.63) is 35.6 Å². The Morgan fingerprint density at radius 2 is 2.20 bits per heavy atom. The molecule has 0 bridgehead atoms. The van der Waals surface area contributed by atoms with Crippen LogP contribution in [0.2, 0.25) is 0 Å². The standard InChI is InChI=1S/C15H21FN2O.ClH/c16-13-5-1-3-11(9-13)7-8-18-15(19)10-12-4-2-6-14(12)17;/h1,3,5,9,12,14H,2,4,6-8,10,17H2,(H,18,19);1H/t12-,14+;/m0./s1. The van der Waals surface area contributed by atoms with Crippen LogP contribution in [0.4, 0.5) is 4.39 Å². The summed E-state index contributed by atoms with van der Waals surface area (Å²) in [7, 11) is 0. The van der Waals surface area contributed by atoms with Gasteiger partial charge in [0.05, 0.1) is 0 Å². The van der Waals surface area contributed by atoms with Crippen LogP contribution in [0.5, 0.6) is 0 Å². The molecule has 0 aromatic heterocycles. The second-order valence-electron chi connectivity index (χ2n) is 5.29. The van der Waals surface area contributed by atoms with E-state index in [1.54, 1.807) is 6.07 Å². The summed E-state index contributed by atoms with van der Waals surface area (Å²) in [6.45, 7) is 0.546. The van der Waals surface area contributed by atoms with Gasteiger partial charge in [-0.05, 0) is 42.9 Å². The van der Waals surface area contributed by atoms with Crippen LogP contribution in [0.3, 0.4) is 0 Å². The third-order valence-corrected chi connectivity index (χ3v) is 3.79. The number of nitrogens with two attached hydrogens (primary N) is 1. The van der Waals surface area contributed by atoms with E-state index in [9.17, 15) is 9.18 Å². The van der Waals surface area contributed by atoms with E-state index in [1.807, 2.05) is 6.07 Å². The third-order valence-electron chi connectivity index (χ3n) is 3.79. The topological polar surface area (TPSA) is 55.1 Å². The molecule has 5 heteroatoms. The monoisotopic (exact) mass is 300 g/mol. The predicted molar refractivity (Wildman–Crippen MR) is 80.3 cm³/mol. The summed E-state index contributed by atoms with van der Waals surface area (Å²) in [5.41, 5.74) is 6.84. The fourth-order valence-corrected chi connectivity index (χ4v) is 2.67. The maximum atomic E-state index is 13.0. The van der Waals surface area contributed by atoms with Crippen LogP contribution < -0.4 is 11.1 Å². The number of hydrogen-bond donors (Lipinski definition) is 2. The van der Waals surface area contributed by atoms with Gasteiger partial charge in [-0.2, -0.15) is 0 Å². The average Bonchev–Trinajstić information content (AvgIpc) is 2.75. The van der Waals surface area contributed by atoms with Gasteiger partial charge in [0, 0.05) is 19.0 Å². The van der Waals surface area contributed by atoms with Gasteiger partial charge in [0.25, 0.3) is 0 Å². The summed E-state index contributed by atoms with van der Waals surface area (Å²) in [5.74, 6) is 0.147. The summed E-state index contributed by atoms with van der Waals surface area (Å²) in [4.78, 5) is 11.8. The molecule has 1 aliphatic carbocycles. The Kier molecular flexibility index (Phi) is 6.96. The first-order valence-corrected chi connectivity index (χ1v) is 6.92. The first-order chi connectivity index (χ1) is 9.15. The molecule has 0 unspecified atom stereocenters. The summed E-state index contributed by atoms with van der Waals surface area (Å²) < 4.78 is 13.0. The minimum absolute atomic E-state index is 0. The number of rotatable bonds is 5. The van der Waals surface area contributed by atoms with Gasteiger partial charge in [-0.25, -0.2) is 4.39 Å². The minimum Gasteiger partial charge on any atom is -0.356 e. The Bertz CT molecular complexity index is 442. The molecular formula is C15H22ClFN2O. The van der Waals surface area contributed by atoms with E-state index >= 15 is 0 Å². The van der Waals surface area contributed by atoms with E-state index in [0.717, 1.165) is 24.8 Å². The molecule has 112 valence electrons. The molecule has 0 aliphatic heterocycles. The maximum absolute atomic E-state index is 13.0. The Balaban J connectivity index is 0.00000200. The van der Waals surface area contributed by atoms with Crippen molar-refractivity contribution in [2.24, 2.45) is 11.7 Å². The summed E-state index contributed by atoms with van der Waals surface area (Å²) in [6, 6.07) is 6.64. The zero-order valence-electron chi connectivity index (χ0n) is 11.5. The fourth-order valence-electron chi connectivity index (χ4n) is 2.67. The molecule has 2 atom stereocenters. The minimum atomic E-state index is -0.235. The van der Waals surface area contributed by atoms with Gasteiger partial charge in [0.15, 0.2) is 0 Å². The molecule has 1 fully saturated rings. The molecule has 1 aromatic rings. The average molecular weight is 301 g/mol. The molecule has 2 rings (SSSR count).